The lowest BCUT2D eigenvalue weighted by atomic mass is 10.1. The SMILES string of the molecule is Cc1ccc(-c2csc(/C(C#N)=C/c3ccc(-c4ccc(Cl)cc4Cl)o3)n2)cc1. The number of hydrogen-bond donors (Lipinski definition) is 0. The Balaban J connectivity index is 1.63. The first-order valence-electron chi connectivity index (χ1n) is 8.73. The first-order valence-corrected chi connectivity index (χ1v) is 10.4. The van der Waals surface area contributed by atoms with E-state index in [-0.39, 0.29) is 0 Å². The molecule has 0 unspecified atom stereocenters. The summed E-state index contributed by atoms with van der Waals surface area (Å²) in [6.45, 7) is 2.04. The highest BCUT2D eigenvalue weighted by Crippen LogP contribution is 2.33. The maximum Gasteiger partial charge on any atom is 0.136 e. The van der Waals surface area contributed by atoms with Gasteiger partial charge < -0.3 is 4.42 Å². The fourth-order valence-electron chi connectivity index (χ4n) is 2.80. The van der Waals surface area contributed by atoms with Crippen LogP contribution in [0.2, 0.25) is 10.0 Å². The molecule has 0 N–H and O–H groups in total. The molecule has 0 spiro atoms. The summed E-state index contributed by atoms with van der Waals surface area (Å²) in [6.07, 6.45) is 1.69. The molecule has 3 nitrogen and oxygen atoms in total. The zero-order valence-corrected chi connectivity index (χ0v) is 17.6. The van der Waals surface area contributed by atoms with Gasteiger partial charge in [-0.25, -0.2) is 4.98 Å². The van der Waals surface area contributed by atoms with E-state index in [1.807, 2.05) is 42.6 Å². The van der Waals surface area contributed by atoms with Crippen molar-refractivity contribution in [1.29, 1.82) is 5.26 Å². The van der Waals surface area contributed by atoms with Gasteiger partial charge in [0.05, 0.1) is 16.3 Å². The molecule has 0 aliphatic carbocycles. The van der Waals surface area contributed by atoms with Crippen LogP contribution in [0, 0.1) is 18.3 Å². The average molecular weight is 437 g/mol. The van der Waals surface area contributed by atoms with E-state index in [1.54, 1.807) is 30.3 Å². The Hall–Kier alpha value is -2.84. The molecular weight excluding hydrogens is 423 g/mol. The topological polar surface area (TPSA) is 49.8 Å². The molecule has 2 aromatic carbocycles. The second-order valence-corrected chi connectivity index (χ2v) is 8.10. The minimum absolute atomic E-state index is 0.441. The van der Waals surface area contributed by atoms with Crippen LogP contribution in [0.3, 0.4) is 0 Å². The maximum atomic E-state index is 9.63. The number of allylic oxidation sites excluding steroid dienone is 1. The van der Waals surface area contributed by atoms with Gasteiger partial charge in [-0.05, 0) is 37.3 Å². The van der Waals surface area contributed by atoms with Gasteiger partial charge in [0.1, 0.15) is 22.6 Å². The van der Waals surface area contributed by atoms with Gasteiger partial charge in [-0.15, -0.1) is 11.3 Å². The summed E-state index contributed by atoms with van der Waals surface area (Å²) < 4.78 is 5.87. The Bertz CT molecular complexity index is 1250. The van der Waals surface area contributed by atoms with Gasteiger partial charge in [0, 0.05) is 27.6 Å². The number of aromatic nitrogens is 1. The number of furan rings is 1. The van der Waals surface area contributed by atoms with Crippen LogP contribution in [0.15, 0.2) is 64.4 Å². The van der Waals surface area contributed by atoms with Crippen LogP contribution in [0.4, 0.5) is 0 Å². The minimum Gasteiger partial charge on any atom is -0.457 e. The number of halogens is 2. The fraction of sp³-hybridized carbons (Fsp3) is 0.0435. The first kappa shape index (κ1) is 19.5. The van der Waals surface area contributed by atoms with Crippen molar-refractivity contribution in [2.45, 2.75) is 6.92 Å². The molecule has 6 heteroatoms. The van der Waals surface area contributed by atoms with E-state index >= 15 is 0 Å². The van der Waals surface area contributed by atoms with Crippen molar-refractivity contribution >= 4 is 46.2 Å². The van der Waals surface area contributed by atoms with Crippen molar-refractivity contribution in [3.8, 4) is 28.7 Å². The van der Waals surface area contributed by atoms with E-state index < -0.39 is 0 Å². The number of hydrogen-bond acceptors (Lipinski definition) is 4. The fourth-order valence-corrected chi connectivity index (χ4v) is 4.10. The Labute approximate surface area is 182 Å². The smallest absolute Gasteiger partial charge is 0.136 e. The van der Waals surface area contributed by atoms with Crippen LogP contribution < -0.4 is 0 Å². The monoisotopic (exact) mass is 436 g/mol. The summed E-state index contributed by atoms with van der Waals surface area (Å²) in [7, 11) is 0. The number of benzene rings is 2. The van der Waals surface area contributed by atoms with Crippen LogP contribution in [-0.2, 0) is 0 Å². The van der Waals surface area contributed by atoms with Crippen LogP contribution in [0.1, 0.15) is 16.3 Å². The third-order valence-electron chi connectivity index (χ3n) is 4.31. The summed E-state index contributed by atoms with van der Waals surface area (Å²) >= 11 is 13.6. The molecule has 29 heavy (non-hydrogen) atoms. The third kappa shape index (κ3) is 4.28. The largest absolute Gasteiger partial charge is 0.457 e. The van der Waals surface area contributed by atoms with Crippen LogP contribution in [-0.4, -0.2) is 4.98 Å². The van der Waals surface area contributed by atoms with Crippen molar-refractivity contribution in [3.63, 3.8) is 0 Å². The van der Waals surface area contributed by atoms with E-state index in [1.165, 1.54) is 16.9 Å². The quantitative estimate of drug-likeness (QED) is 0.307. The summed E-state index contributed by atoms with van der Waals surface area (Å²) in [5.74, 6) is 1.16. The number of rotatable bonds is 4. The molecule has 4 aromatic rings. The molecule has 0 bridgehead atoms. The Kier molecular flexibility index (Phi) is 5.55. The van der Waals surface area contributed by atoms with Crippen LogP contribution in [0.25, 0.3) is 34.2 Å². The molecule has 142 valence electrons. The molecule has 0 fully saturated rings. The standard InChI is InChI=1S/C23H14Cl2N2OS/c1-14-2-4-15(5-3-14)21-13-29-23(27-21)16(12-26)10-18-7-9-22(28-18)19-8-6-17(24)11-20(19)25/h2-11,13H,1H3/b16-10+. The van der Waals surface area contributed by atoms with Gasteiger partial charge in [-0.2, -0.15) is 5.26 Å². The van der Waals surface area contributed by atoms with E-state index in [0.29, 0.717) is 32.1 Å². The number of nitrogens with zero attached hydrogens (tertiary/aromatic N) is 2. The highest BCUT2D eigenvalue weighted by Gasteiger charge is 2.12. The molecule has 0 radical (unpaired) electrons. The van der Waals surface area contributed by atoms with E-state index in [4.69, 9.17) is 27.6 Å². The summed E-state index contributed by atoms with van der Waals surface area (Å²) in [5, 5.41) is 13.3. The van der Waals surface area contributed by atoms with Gasteiger partial charge >= 0.3 is 0 Å². The van der Waals surface area contributed by atoms with Crippen LogP contribution >= 0.6 is 34.5 Å². The van der Waals surface area contributed by atoms with Gasteiger partial charge in [-0.1, -0.05) is 53.0 Å². The van der Waals surface area contributed by atoms with Gasteiger partial charge in [0.15, 0.2) is 0 Å². The van der Waals surface area contributed by atoms with Crippen molar-refractivity contribution < 1.29 is 4.42 Å². The van der Waals surface area contributed by atoms with Gasteiger partial charge in [-0.3, -0.25) is 0 Å². The molecule has 0 saturated carbocycles. The van der Waals surface area contributed by atoms with Crippen LogP contribution in [0.5, 0.6) is 0 Å². The molecule has 0 atom stereocenters. The van der Waals surface area contributed by atoms with E-state index in [9.17, 15) is 5.26 Å². The lowest BCUT2D eigenvalue weighted by Crippen LogP contribution is -1.82. The normalized spacial score (nSPS) is 11.4. The molecule has 0 saturated heterocycles. The predicted molar refractivity (Wildman–Crippen MR) is 120 cm³/mol. The van der Waals surface area contributed by atoms with Crippen molar-refractivity contribution in [2.24, 2.45) is 0 Å². The van der Waals surface area contributed by atoms with Crippen molar-refractivity contribution in [3.05, 3.63) is 86.4 Å². The number of nitriles is 1. The molecular formula is C23H14Cl2N2OS. The number of aryl methyl sites for hydroxylation is 1. The van der Waals surface area contributed by atoms with Crippen molar-refractivity contribution in [1.82, 2.24) is 4.98 Å². The van der Waals surface area contributed by atoms with Gasteiger partial charge in [0.25, 0.3) is 0 Å². The Morgan fingerprint density at radius 2 is 1.90 bits per heavy atom. The summed E-state index contributed by atoms with van der Waals surface area (Å²) in [4.78, 5) is 4.62. The molecule has 0 aliphatic rings. The Morgan fingerprint density at radius 1 is 1.10 bits per heavy atom. The zero-order valence-electron chi connectivity index (χ0n) is 15.3. The molecule has 0 amide bonds. The average Bonchev–Trinajstić information content (AvgIpc) is 3.36. The second-order valence-electron chi connectivity index (χ2n) is 6.40. The maximum absolute atomic E-state index is 9.63. The summed E-state index contributed by atoms with van der Waals surface area (Å²) in [5.41, 5.74) is 4.24. The zero-order chi connectivity index (χ0) is 20.4. The molecule has 4 rings (SSSR count). The minimum atomic E-state index is 0.441. The lowest BCUT2D eigenvalue weighted by molar-refractivity contribution is 0.572. The third-order valence-corrected chi connectivity index (χ3v) is 5.74. The van der Waals surface area contributed by atoms with E-state index in [2.05, 4.69) is 11.1 Å². The number of thiazole rings is 1. The molecule has 0 aliphatic heterocycles. The first-order chi connectivity index (χ1) is 14.0. The van der Waals surface area contributed by atoms with Gasteiger partial charge in [0.2, 0.25) is 0 Å². The highest BCUT2D eigenvalue weighted by molar-refractivity contribution is 7.11. The van der Waals surface area contributed by atoms with Crippen molar-refractivity contribution in [2.75, 3.05) is 0 Å². The van der Waals surface area contributed by atoms with E-state index in [0.717, 1.165) is 16.8 Å². The second kappa shape index (κ2) is 8.26. The highest BCUT2D eigenvalue weighted by atomic mass is 35.5. The molecule has 2 aromatic heterocycles. The predicted octanol–water partition coefficient (Wildman–Crippen LogP) is 7.75. The summed E-state index contributed by atoms with van der Waals surface area (Å²) in [6, 6.07) is 19.2. The Morgan fingerprint density at radius 3 is 2.62 bits per heavy atom. The molecule has 2 heterocycles. The lowest BCUT2D eigenvalue weighted by Gasteiger charge is -2.01.